The molecule has 3 rings (SSSR count). The molecule has 3 aromatic carbocycles. The van der Waals surface area contributed by atoms with Gasteiger partial charge in [0.25, 0.3) is 0 Å². The molecule has 0 unspecified atom stereocenters. The normalized spacial score (nSPS) is 10.2. The summed E-state index contributed by atoms with van der Waals surface area (Å²) in [7, 11) is -1.56. The fourth-order valence-electron chi connectivity index (χ4n) is 2.73. The van der Waals surface area contributed by atoms with Gasteiger partial charge in [0.2, 0.25) is 0 Å². The zero-order chi connectivity index (χ0) is 16.1. The zero-order valence-electron chi connectivity index (χ0n) is 12.6. The minimum atomic E-state index is -1.56. The molecule has 0 heterocycles. The molecule has 0 saturated heterocycles. The molecule has 0 aliphatic rings. The van der Waals surface area contributed by atoms with Crippen LogP contribution in [-0.2, 0) is 0 Å². The first-order valence-corrected chi connectivity index (χ1v) is 7.54. The van der Waals surface area contributed by atoms with Crippen LogP contribution in [0, 0.1) is 0 Å². The van der Waals surface area contributed by atoms with Crippen molar-refractivity contribution in [2.75, 3.05) is 0 Å². The minimum Gasteiger partial charge on any atom is -0.423 e. The van der Waals surface area contributed by atoms with Crippen LogP contribution in [0.3, 0.4) is 0 Å². The Kier molecular flexibility index (Phi) is 4.72. The highest BCUT2D eigenvalue weighted by atomic mass is 16.4. The van der Waals surface area contributed by atoms with Crippen LogP contribution in [0.4, 0.5) is 0 Å². The van der Waals surface area contributed by atoms with Gasteiger partial charge in [-0.05, 0) is 27.7 Å². The third-order valence-electron chi connectivity index (χ3n) is 3.74. The van der Waals surface area contributed by atoms with Crippen LogP contribution < -0.4 is 0 Å². The maximum Gasteiger partial charge on any atom is 0.489 e. The molecule has 0 aliphatic carbocycles. The Morgan fingerprint density at radius 1 is 0.522 bits per heavy atom. The van der Waals surface area contributed by atoms with Crippen molar-refractivity contribution in [1.82, 2.24) is 0 Å². The van der Waals surface area contributed by atoms with Gasteiger partial charge in [0, 0.05) is 0 Å². The van der Waals surface area contributed by atoms with Crippen LogP contribution in [0.5, 0.6) is 0 Å². The molecule has 0 bridgehead atoms. The molecule has 23 heavy (non-hydrogen) atoms. The highest BCUT2D eigenvalue weighted by Crippen LogP contribution is 2.32. The molecular weight excluding hydrogens is 283 g/mol. The van der Waals surface area contributed by atoms with Crippen LogP contribution in [0.2, 0.25) is 0 Å². The number of hydrogen-bond acceptors (Lipinski definition) is 2. The van der Waals surface area contributed by atoms with Crippen molar-refractivity contribution in [2.24, 2.45) is 0 Å². The van der Waals surface area contributed by atoms with E-state index in [0.29, 0.717) is 5.47 Å². The smallest absolute Gasteiger partial charge is 0.423 e. The summed E-state index contributed by atoms with van der Waals surface area (Å²) in [5.41, 5.74) is 4.02. The van der Waals surface area contributed by atoms with Crippen molar-refractivity contribution >= 4 is 18.2 Å². The lowest BCUT2D eigenvalue weighted by atomic mass is 9.69. The first-order valence-electron chi connectivity index (χ1n) is 7.54. The van der Waals surface area contributed by atoms with Crippen molar-refractivity contribution in [3.05, 3.63) is 108 Å². The molecule has 0 radical (unpaired) electrons. The minimum absolute atomic E-state index is 0.503. The van der Waals surface area contributed by atoms with Crippen molar-refractivity contribution in [1.29, 1.82) is 0 Å². The van der Waals surface area contributed by atoms with Crippen molar-refractivity contribution < 1.29 is 10.0 Å². The monoisotopic (exact) mass is 300 g/mol. The number of hydrogen-bond donors (Lipinski definition) is 2. The Morgan fingerprint density at radius 3 is 1.22 bits per heavy atom. The second kappa shape index (κ2) is 7.10. The SMILES string of the molecule is OB(O)C(=C(c1ccccc1)c1ccccc1)c1ccccc1. The largest absolute Gasteiger partial charge is 0.489 e. The number of benzene rings is 3. The van der Waals surface area contributed by atoms with Gasteiger partial charge in [0.15, 0.2) is 0 Å². The standard InChI is InChI=1S/C20H17BO2/c22-21(23)20(18-14-8-3-9-15-18)19(16-10-4-1-5-11-16)17-12-6-2-7-13-17/h1-15,22-23H. The lowest BCUT2D eigenvalue weighted by Gasteiger charge is -2.16. The van der Waals surface area contributed by atoms with E-state index >= 15 is 0 Å². The molecule has 0 atom stereocenters. The first-order chi connectivity index (χ1) is 11.3. The van der Waals surface area contributed by atoms with Crippen LogP contribution in [0.25, 0.3) is 11.0 Å². The number of rotatable bonds is 4. The lowest BCUT2D eigenvalue weighted by Crippen LogP contribution is -2.16. The van der Waals surface area contributed by atoms with Crippen LogP contribution in [0.15, 0.2) is 91.0 Å². The predicted octanol–water partition coefficient (Wildman–Crippen LogP) is 3.66. The van der Waals surface area contributed by atoms with Gasteiger partial charge in [-0.1, -0.05) is 91.0 Å². The van der Waals surface area contributed by atoms with E-state index in [-0.39, 0.29) is 0 Å². The second-order valence-corrected chi connectivity index (χ2v) is 5.26. The summed E-state index contributed by atoms with van der Waals surface area (Å²) in [6, 6.07) is 29.1. The average Bonchev–Trinajstić information content (AvgIpc) is 2.61. The zero-order valence-corrected chi connectivity index (χ0v) is 12.6. The molecule has 0 amide bonds. The molecule has 0 aromatic heterocycles. The van der Waals surface area contributed by atoms with Crippen molar-refractivity contribution in [2.45, 2.75) is 0 Å². The van der Waals surface area contributed by atoms with Gasteiger partial charge in [-0.15, -0.1) is 0 Å². The van der Waals surface area contributed by atoms with E-state index in [4.69, 9.17) is 0 Å². The summed E-state index contributed by atoms with van der Waals surface area (Å²) >= 11 is 0. The molecule has 0 aliphatic heterocycles. The maximum absolute atomic E-state index is 10.1. The van der Waals surface area contributed by atoms with Crippen molar-refractivity contribution in [3.63, 3.8) is 0 Å². The van der Waals surface area contributed by atoms with E-state index in [9.17, 15) is 10.0 Å². The highest BCUT2D eigenvalue weighted by Gasteiger charge is 2.23. The Hall–Kier alpha value is -2.62. The molecule has 3 aromatic rings. The van der Waals surface area contributed by atoms with Crippen LogP contribution >= 0.6 is 0 Å². The average molecular weight is 300 g/mol. The van der Waals surface area contributed by atoms with Gasteiger partial charge in [0.1, 0.15) is 0 Å². The van der Waals surface area contributed by atoms with Gasteiger partial charge in [-0.3, -0.25) is 0 Å². The first kappa shape index (κ1) is 15.3. The summed E-state index contributed by atoms with van der Waals surface area (Å²) < 4.78 is 0. The van der Waals surface area contributed by atoms with E-state index in [2.05, 4.69) is 0 Å². The highest BCUT2D eigenvalue weighted by molar-refractivity contribution is 6.68. The topological polar surface area (TPSA) is 40.5 Å². The van der Waals surface area contributed by atoms with E-state index in [1.165, 1.54) is 0 Å². The van der Waals surface area contributed by atoms with E-state index < -0.39 is 7.12 Å². The summed E-state index contributed by atoms with van der Waals surface area (Å²) in [4.78, 5) is 0. The predicted molar refractivity (Wildman–Crippen MR) is 95.4 cm³/mol. The summed E-state index contributed by atoms with van der Waals surface area (Å²) in [5, 5.41) is 20.1. The molecule has 112 valence electrons. The Balaban J connectivity index is 2.32. The lowest BCUT2D eigenvalue weighted by molar-refractivity contribution is 0.427. The van der Waals surface area contributed by atoms with Crippen molar-refractivity contribution in [3.8, 4) is 0 Å². The molecular formula is C20H17BO2. The molecule has 0 fully saturated rings. The third-order valence-corrected chi connectivity index (χ3v) is 3.74. The van der Waals surface area contributed by atoms with Gasteiger partial charge >= 0.3 is 7.12 Å². The molecule has 2 N–H and O–H groups in total. The van der Waals surface area contributed by atoms with E-state index in [1.54, 1.807) is 0 Å². The third kappa shape index (κ3) is 3.42. The van der Waals surface area contributed by atoms with Gasteiger partial charge in [0.05, 0.1) is 0 Å². The molecule has 2 nitrogen and oxygen atoms in total. The Labute approximate surface area is 136 Å². The molecule has 3 heteroatoms. The van der Waals surface area contributed by atoms with Gasteiger partial charge in [-0.25, -0.2) is 0 Å². The van der Waals surface area contributed by atoms with E-state index in [1.807, 2.05) is 91.0 Å². The van der Waals surface area contributed by atoms with E-state index in [0.717, 1.165) is 22.3 Å². The molecule has 0 spiro atoms. The second-order valence-electron chi connectivity index (χ2n) is 5.26. The summed E-state index contributed by atoms with van der Waals surface area (Å²) in [5.74, 6) is 0. The van der Waals surface area contributed by atoms with Crippen LogP contribution in [-0.4, -0.2) is 17.2 Å². The fourth-order valence-corrected chi connectivity index (χ4v) is 2.73. The Bertz CT molecular complexity index is 740. The maximum atomic E-state index is 10.1. The summed E-state index contributed by atoms with van der Waals surface area (Å²) in [6.07, 6.45) is 0. The van der Waals surface area contributed by atoms with Gasteiger partial charge in [-0.2, -0.15) is 0 Å². The van der Waals surface area contributed by atoms with Crippen LogP contribution in [0.1, 0.15) is 16.7 Å². The summed E-state index contributed by atoms with van der Waals surface area (Å²) in [6.45, 7) is 0. The fraction of sp³-hybridized carbons (Fsp3) is 0. The molecule has 0 saturated carbocycles. The van der Waals surface area contributed by atoms with Gasteiger partial charge < -0.3 is 10.0 Å². The quantitative estimate of drug-likeness (QED) is 0.570. The Morgan fingerprint density at radius 2 is 0.870 bits per heavy atom.